The number of halogens is 1. The quantitative estimate of drug-likeness (QED) is 0.450. The number of hydrogen-bond acceptors (Lipinski definition) is 4. The lowest BCUT2D eigenvalue weighted by molar-refractivity contribution is -0.143. The van der Waals surface area contributed by atoms with Gasteiger partial charge in [0.05, 0.1) is 21.3 Å². The van der Waals surface area contributed by atoms with Gasteiger partial charge >= 0.3 is 0 Å². The lowest BCUT2D eigenvalue weighted by Gasteiger charge is -2.37. The molecular formula is C23H28INO4Si. The van der Waals surface area contributed by atoms with E-state index in [4.69, 9.17) is 9.47 Å². The number of benzene rings is 2. The predicted molar refractivity (Wildman–Crippen MR) is 129 cm³/mol. The number of aliphatic hydroxyl groups is 1. The van der Waals surface area contributed by atoms with E-state index in [9.17, 15) is 9.90 Å². The van der Waals surface area contributed by atoms with E-state index in [1.807, 2.05) is 24.3 Å². The second-order valence-electron chi connectivity index (χ2n) is 8.81. The van der Waals surface area contributed by atoms with Crippen LogP contribution in [0.25, 0.3) is 0 Å². The number of aliphatic hydroxyl groups excluding tert-OH is 1. The summed E-state index contributed by atoms with van der Waals surface area (Å²) in [6.07, 6.45) is 0.346. The molecule has 1 amide bonds. The first-order chi connectivity index (χ1) is 14.3. The fraction of sp³-hybridized carbons (Fsp3) is 0.435. The number of ether oxygens (including phenoxy) is 2. The third-order valence-electron chi connectivity index (χ3n) is 6.97. The van der Waals surface area contributed by atoms with Crippen molar-refractivity contribution in [2.75, 3.05) is 19.0 Å². The van der Waals surface area contributed by atoms with Crippen LogP contribution in [0.2, 0.25) is 18.6 Å². The molecule has 7 heteroatoms. The molecule has 2 aliphatic rings. The Morgan fingerprint density at radius 2 is 1.93 bits per heavy atom. The van der Waals surface area contributed by atoms with Crippen molar-refractivity contribution in [1.29, 1.82) is 0 Å². The van der Waals surface area contributed by atoms with Gasteiger partial charge in [-0.15, -0.1) is 0 Å². The number of nitrogens with one attached hydrogen (secondary N) is 1. The average Bonchev–Trinajstić information content (AvgIpc) is 3.17. The molecule has 0 radical (unpaired) electrons. The van der Waals surface area contributed by atoms with E-state index >= 15 is 0 Å². The highest BCUT2D eigenvalue weighted by Crippen LogP contribution is 2.58. The summed E-state index contributed by atoms with van der Waals surface area (Å²) >= 11 is 2.28. The van der Waals surface area contributed by atoms with Crippen LogP contribution in [-0.4, -0.2) is 38.9 Å². The van der Waals surface area contributed by atoms with Gasteiger partial charge in [-0.2, -0.15) is 0 Å². The van der Waals surface area contributed by atoms with Crippen molar-refractivity contribution in [1.82, 2.24) is 0 Å². The van der Waals surface area contributed by atoms with Crippen molar-refractivity contribution < 1.29 is 19.4 Å². The van der Waals surface area contributed by atoms with Crippen LogP contribution in [0, 0.1) is 9.49 Å². The smallest absolute Gasteiger partial charge is 0.261 e. The molecule has 0 aliphatic carbocycles. The summed E-state index contributed by atoms with van der Waals surface area (Å²) in [4.78, 5) is 13.3. The van der Waals surface area contributed by atoms with Gasteiger partial charge in [0.2, 0.25) is 0 Å². The molecule has 2 heterocycles. The van der Waals surface area contributed by atoms with E-state index in [0.717, 1.165) is 20.6 Å². The first-order valence-electron chi connectivity index (χ1n) is 10.3. The fourth-order valence-corrected chi connectivity index (χ4v) is 10.1. The van der Waals surface area contributed by atoms with Gasteiger partial charge in [0.25, 0.3) is 5.91 Å². The average molecular weight is 537 g/mol. The maximum Gasteiger partial charge on any atom is 0.261 e. The number of carbonyl (C=O) groups excluding carboxylic acids is 1. The number of fused-ring (bicyclic) bond motifs is 2. The Morgan fingerprint density at radius 3 is 2.57 bits per heavy atom. The van der Waals surface area contributed by atoms with Gasteiger partial charge in [-0.05, 0) is 64.9 Å². The van der Waals surface area contributed by atoms with E-state index in [1.54, 1.807) is 7.11 Å². The SMILES string of the molecule is COc1ccc([Si](C)(C)[C@@H]2[C@@H](CCO)O[C@]3(C(=O)Nc4ccc(I)cc43)[C@H]2C)cc1. The number of methoxy groups -OCH3 is 1. The molecule has 5 nitrogen and oxygen atoms in total. The second kappa shape index (κ2) is 7.92. The van der Waals surface area contributed by atoms with Gasteiger partial charge < -0.3 is 19.9 Å². The molecule has 1 spiro atoms. The highest BCUT2D eigenvalue weighted by molar-refractivity contribution is 14.1. The molecule has 0 saturated carbocycles. The second-order valence-corrected chi connectivity index (χ2v) is 14.7. The zero-order valence-electron chi connectivity index (χ0n) is 17.7. The Kier molecular flexibility index (Phi) is 5.76. The molecule has 2 N–H and O–H groups in total. The zero-order chi connectivity index (χ0) is 21.7. The topological polar surface area (TPSA) is 67.8 Å². The minimum absolute atomic E-state index is 0.0164. The molecule has 0 bridgehead atoms. The zero-order valence-corrected chi connectivity index (χ0v) is 20.9. The summed E-state index contributed by atoms with van der Waals surface area (Å²) in [5.41, 5.74) is 0.932. The maximum atomic E-state index is 13.3. The molecule has 4 rings (SSSR count). The Balaban J connectivity index is 1.81. The molecule has 1 saturated heterocycles. The number of amides is 1. The van der Waals surface area contributed by atoms with Crippen LogP contribution in [0.4, 0.5) is 5.69 Å². The molecule has 160 valence electrons. The third-order valence-corrected chi connectivity index (χ3v) is 12.0. The van der Waals surface area contributed by atoms with Gasteiger partial charge in [-0.25, -0.2) is 0 Å². The molecular weight excluding hydrogens is 509 g/mol. The summed E-state index contributed by atoms with van der Waals surface area (Å²) in [5, 5.41) is 14.1. The van der Waals surface area contributed by atoms with E-state index in [1.165, 1.54) is 5.19 Å². The Labute approximate surface area is 192 Å². The van der Waals surface area contributed by atoms with Crippen molar-refractivity contribution in [2.24, 2.45) is 5.92 Å². The third kappa shape index (κ3) is 3.21. The van der Waals surface area contributed by atoms with Gasteiger partial charge in [0.1, 0.15) is 5.75 Å². The molecule has 2 aromatic rings. The number of rotatable bonds is 5. The highest BCUT2D eigenvalue weighted by atomic mass is 127. The van der Waals surface area contributed by atoms with E-state index in [-0.39, 0.29) is 30.1 Å². The van der Waals surface area contributed by atoms with Crippen LogP contribution in [0.5, 0.6) is 5.75 Å². The molecule has 30 heavy (non-hydrogen) atoms. The Morgan fingerprint density at radius 1 is 1.23 bits per heavy atom. The first kappa shape index (κ1) is 21.8. The van der Waals surface area contributed by atoms with E-state index in [2.05, 4.69) is 66.1 Å². The van der Waals surface area contributed by atoms with Crippen molar-refractivity contribution >= 4 is 47.4 Å². The van der Waals surface area contributed by atoms with Crippen LogP contribution in [0.15, 0.2) is 42.5 Å². The molecule has 1 fully saturated rings. The van der Waals surface area contributed by atoms with Crippen molar-refractivity contribution in [2.45, 2.75) is 43.7 Å². The monoisotopic (exact) mass is 537 g/mol. The van der Waals surface area contributed by atoms with Crippen molar-refractivity contribution in [3.8, 4) is 5.75 Å². The van der Waals surface area contributed by atoms with Crippen LogP contribution >= 0.6 is 22.6 Å². The predicted octanol–water partition coefficient (Wildman–Crippen LogP) is 3.85. The number of carbonyl (C=O) groups is 1. The molecule has 4 atom stereocenters. The number of anilines is 1. The van der Waals surface area contributed by atoms with Crippen LogP contribution in [0.3, 0.4) is 0 Å². The normalized spacial score (nSPS) is 27.9. The van der Waals surface area contributed by atoms with E-state index < -0.39 is 13.7 Å². The molecule has 2 aromatic carbocycles. The highest BCUT2D eigenvalue weighted by Gasteiger charge is 2.64. The summed E-state index contributed by atoms with van der Waals surface area (Å²) in [7, 11) is -0.407. The minimum Gasteiger partial charge on any atom is -0.497 e. The lowest BCUT2D eigenvalue weighted by atomic mass is 9.82. The minimum atomic E-state index is -2.08. The van der Waals surface area contributed by atoms with Crippen LogP contribution in [0.1, 0.15) is 18.9 Å². The van der Waals surface area contributed by atoms with Crippen LogP contribution < -0.4 is 15.2 Å². The van der Waals surface area contributed by atoms with Gasteiger partial charge in [-0.1, -0.05) is 37.3 Å². The van der Waals surface area contributed by atoms with E-state index in [0.29, 0.717) is 6.42 Å². The van der Waals surface area contributed by atoms with Gasteiger partial charge in [-0.3, -0.25) is 4.79 Å². The largest absolute Gasteiger partial charge is 0.497 e. The maximum absolute atomic E-state index is 13.3. The lowest BCUT2D eigenvalue weighted by Crippen LogP contribution is -2.51. The van der Waals surface area contributed by atoms with Gasteiger partial charge in [0, 0.05) is 27.3 Å². The number of hydrogen-bond donors (Lipinski definition) is 2. The van der Waals surface area contributed by atoms with Crippen molar-refractivity contribution in [3.63, 3.8) is 0 Å². The molecule has 0 unspecified atom stereocenters. The van der Waals surface area contributed by atoms with Crippen LogP contribution in [-0.2, 0) is 15.1 Å². The van der Waals surface area contributed by atoms with Gasteiger partial charge in [0.15, 0.2) is 5.60 Å². The molecule has 0 aromatic heterocycles. The summed E-state index contributed by atoms with van der Waals surface area (Å²) in [6.45, 7) is 6.86. The summed E-state index contributed by atoms with van der Waals surface area (Å²) in [5.74, 6) is 0.732. The summed E-state index contributed by atoms with van der Waals surface area (Å²) in [6, 6.07) is 14.3. The Bertz CT molecular complexity index is 964. The Hall–Kier alpha value is -1.42. The molecule has 2 aliphatic heterocycles. The van der Waals surface area contributed by atoms with Crippen molar-refractivity contribution in [3.05, 3.63) is 51.6 Å². The fourth-order valence-electron chi connectivity index (χ4n) is 5.50. The standard InChI is InChI=1S/C23H28INO4Si/c1-14-21(30(3,4)17-8-6-16(28-2)7-9-17)20(11-12-26)29-23(14)18-13-15(24)5-10-19(18)25-22(23)27/h5-10,13-14,20-21,26H,11-12H2,1-4H3,(H,25,27)/t14-,20+,21-,23+/m0/s1. The summed E-state index contributed by atoms with van der Waals surface area (Å²) < 4.78 is 13.1. The first-order valence-corrected chi connectivity index (χ1v) is 14.5.